The number of benzene rings is 1. The molecule has 2 aliphatic rings. The highest BCUT2D eigenvalue weighted by atomic mass is 32.1. The SMILES string of the molecule is C(#Cc1cccs1)CN1CCC2=C(CN(Cc3ccccc3)C=N2)C1. The maximum absolute atomic E-state index is 4.70. The summed E-state index contributed by atoms with van der Waals surface area (Å²) >= 11 is 1.70. The molecule has 1 aromatic carbocycles. The fraction of sp³-hybridized carbons (Fsp3) is 0.286. The minimum Gasteiger partial charge on any atom is -0.354 e. The third kappa shape index (κ3) is 4.19. The second-order valence-corrected chi connectivity index (χ2v) is 7.37. The van der Waals surface area contributed by atoms with Crippen LogP contribution < -0.4 is 0 Å². The molecule has 2 aliphatic heterocycles. The molecule has 0 aliphatic carbocycles. The Morgan fingerprint density at radius 3 is 2.84 bits per heavy atom. The molecule has 0 radical (unpaired) electrons. The van der Waals surface area contributed by atoms with Gasteiger partial charge in [0, 0.05) is 38.3 Å². The summed E-state index contributed by atoms with van der Waals surface area (Å²) in [5.41, 5.74) is 4.06. The highest BCUT2D eigenvalue weighted by Gasteiger charge is 2.22. The summed E-state index contributed by atoms with van der Waals surface area (Å²) in [7, 11) is 0. The van der Waals surface area contributed by atoms with Crippen LogP contribution in [0.25, 0.3) is 0 Å². The van der Waals surface area contributed by atoms with E-state index >= 15 is 0 Å². The average molecular weight is 347 g/mol. The Morgan fingerprint density at radius 1 is 1.08 bits per heavy atom. The van der Waals surface area contributed by atoms with E-state index in [1.54, 1.807) is 11.3 Å². The van der Waals surface area contributed by atoms with Crippen LogP contribution >= 0.6 is 11.3 Å². The number of aliphatic imine (C=N–C) groups is 1. The van der Waals surface area contributed by atoms with Gasteiger partial charge < -0.3 is 4.90 Å². The van der Waals surface area contributed by atoms with Crippen LogP contribution in [0.4, 0.5) is 0 Å². The van der Waals surface area contributed by atoms with Gasteiger partial charge in [-0.25, -0.2) is 4.99 Å². The van der Waals surface area contributed by atoms with Crippen molar-refractivity contribution in [2.45, 2.75) is 13.0 Å². The topological polar surface area (TPSA) is 18.8 Å². The van der Waals surface area contributed by atoms with E-state index in [-0.39, 0.29) is 0 Å². The van der Waals surface area contributed by atoms with Gasteiger partial charge in [-0.05, 0) is 22.6 Å². The maximum Gasteiger partial charge on any atom is 0.0914 e. The normalized spacial score (nSPS) is 17.2. The van der Waals surface area contributed by atoms with Gasteiger partial charge in [0.05, 0.1) is 17.8 Å². The van der Waals surface area contributed by atoms with Crippen LogP contribution in [0.5, 0.6) is 0 Å². The molecule has 0 saturated heterocycles. The second-order valence-electron chi connectivity index (χ2n) is 6.43. The average Bonchev–Trinajstić information content (AvgIpc) is 3.16. The van der Waals surface area contributed by atoms with Crippen LogP contribution in [0.1, 0.15) is 16.9 Å². The van der Waals surface area contributed by atoms with Gasteiger partial charge in [-0.2, -0.15) is 0 Å². The van der Waals surface area contributed by atoms with Crippen LogP contribution in [-0.4, -0.2) is 42.3 Å². The number of hydrogen-bond acceptors (Lipinski definition) is 4. The first-order valence-electron chi connectivity index (χ1n) is 8.64. The Labute approximate surface area is 153 Å². The Hall–Kier alpha value is -2.35. The van der Waals surface area contributed by atoms with Crippen molar-refractivity contribution in [3.63, 3.8) is 0 Å². The minimum absolute atomic E-state index is 0.830. The fourth-order valence-corrected chi connectivity index (χ4v) is 3.85. The molecular weight excluding hydrogens is 326 g/mol. The predicted octanol–water partition coefficient (Wildman–Crippen LogP) is 3.60. The molecule has 3 heterocycles. The van der Waals surface area contributed by atoms with Crippen LogP contribution in [0.3, 0.4) is 0 Å². The summed E-state index contributed by atoms with van der Waals surface area (Å²) < 4.78 is 0. The number of hydrogen-bond donors (Lipinski definition) is 0. The van der Waals surface area contributed by atoms with E-state index in [2.05, 4.69) is 63.4 Å². The monoisotopic (exact) mass is 347 g/mol. The number of rotatable bonds is 3. The summed E-state index contributed by atoms with van der Waals surface area (Å²) in [5.74, 6) is 6.57. The zero-order chi connectivity index (χ0) is 16.9. The van der Waals surface area contributed by atoms with Crippen molar-refractivity contribution in [3.05, 3.63) is 69.6 Å². The van der Waals surface area contributed by atoms with Crippen molar-refractivity contribution in [1.82, 2.24) is 9.80 Å². The molecule has 2 aromatic rings. The molecule has 1 aromatic heterocycles. The molecule has 4 heteroatoms. The summed E-state index contributed by atoms with van der Waals surface area (Å²) in [4.78, 5) is 10.6. The molecule has 126 valence electrons. The highest BCUT2D eigenvalue weighted by Crippen LogP contribution is 2.23. The first-order valence-corrected chi connectivity index (χ1v) is 9.52. The number of nitrogens with zero attached hydrogens (tertiary/aromatic N) is 3. The fourth-order valence-electron chi connectivity index (χ4n) is 3.25. The quantitative estimate of drug-likeness (QED) is 0.790. The summed E-state index contributed by atoms with van der Waals surface area (Å²) in [6.45, 7) is 4.75. The molecule has 0 N–H and O–H groups in total. The molecule has 3 nitrogen and oxygen atoms in total. The minimum atomic E-state index is 0.830. The highest BCUT2D eigenvalue weighted by molar-refractivity contribution is 7.10. The standard InChI is InChI=1S/C21H21N3S/c1-2-6-18(7-3-1)14-24-16-19-15-23(12-10-21(19)22-17-24)11-4-8-20-9-5-13-25-20/h1-3,5-7,9,13,17H,10-12,14-16H2. The first-order chi connectivity index (χ1) is 12.4. The largest absolute Gasteiger partial charge is 0.354 e. The van der Waals surface area contributed by atoms with E-state index in [1.165, 1.54) is 16.8 Å². The predicted molar refractivity (Wildman–Crippen MR) is 105 cm³/mol. The van der Waals surface area contributed by atoms with Crippen LogP contribution in [-0.2, 0) is 6.54 Å². The van der Waals surface area contributed by atoms with E-state index in [1.807, 2.05) is 12.4 Å². The zero-order valence-electron chi connectivity index (χ0n) is 14.2. The molecule has 0 spiro atoms. The van der Waals surface area contributed by atoms with Gasteiger partial charge in [-0.1, -0.05) is 48.2 Å². The van der Waals surface area contributed by atoms with E-state index in [0.717, 1.165) is 44.0 Å². The summed E-state index contributed by atoms with van der Waals surface area (Å²) in [6, 6.07) is 14.7. The second kappa shape index (κ2) is 7.69. The molecule has 0 bridgehead atoms. The van der Waals surface area contributed by atoms with Gasteiger partial charge in [-0.15, -0.1) is 11.3 Å². The van der Waals surface area contributed by atoms with E-state index < -0.39 is 0 Å². The van der Waals surface area contributed by atoms with Gasteiger partial charge in [0.1, 0.15) is 0 Å². The zero-order valence-corrected chi connectivity index (χ0v) is 15.0. The van der Waals surface area contributed by atoms with Gasteiger partial charge in [-0.3, -0.25) is 4.90 Å². The van der Waals surface area contributed by atoms with Crippen LogP contribution in [0.15, 0.2) is 64.1 Å². The lowest BCUT2D eigenvalue weighted by Gasteiger charge is -2.33. The molecule has 0 amide bonds. The van der Waals surface area contributed by atoms with E-state index in [4.69, 9.17) is 4.99 Å². The van der Waals surface area contributed by atoms with E-state index in [0.29, 0.717) is 0 Å². The molecule has 4 rings (SSSR count). The van der Waals surface area contributed by atoms with Crippen molar-refractivity contribution in [1.29, 1.82) is 0 Å². The van der Waals surface area contributed by atoms with Gasteiger partial charge in [0.25, 0.3) is 0 Å². The van der Waals surface area contributed by atoms with E-state index in [9.17, 15) is 0 Å². The summed E-state index contributed by atoms with van der Waals surface area (Å²) in [6.07, 6.45) is 3.05. The molecule has 0 unspecified atom stereocenters. The Bertz CT molecular complexity index is 825. The summed E-state index contributed by atoms with van der Waals surface area (Å²) in [5, 5.41) is 2.07. The molecule has 25 heavy (non-hydrogen) atoms. The third-order valence-corrected chi connectivity index (χ3v) is 5.31. The van der Waals surface area contributed by atoms with Crippen molar-refractivity contribution in [2.75, 3.05) is 26.2 Å². The third-order valence-electron chi connectivity index (χ3n) is 4.52. The van der Waals surface area contributed by atoms with Crippen molar-refractivity contribution >= 4 is 17.7 Å². The Kier molecular flexibility index (Phi) is 4.96. The molecule has 0 fully saturated rings. The van der Waals surface area contributed by atoms with Crippen molar-refractivity contribution in [2.24, 2.45) is 4.99 Å². The lowest BCUT2D eigenvalue weighted by atomic mass is 10.0. The van der Waals surface area contributed by atoms with Gasteiger partial charge in [0.15, 0.2) is 0 Å². The van der Waals surface area contributed by atoms with Crippen molar-refractivity contribution < 1.29 is 0 Å². The van der Waals surface area contributed by atoms with Gasteiger partial charge in [0.2, 0.25) is 0 Å². The first kappa shape index (κ1) is 16.1. The molecular formula is C21H21N3S. The molecule has 0 atom stereocenters. The lowest BCUT2D eigenvalue weighted by Crippen LogP contribution is -2.38. The van der Waals surface area contributed by atoms with Gasteiger partial charge >= 0.3 is 0 Å². The van der Waals surface area contributed by atoms with Crippen molar-refractivity contribution in [3.8, 4) is 11.8 Å². The molecule has 0 saturated carbocycles. The Morgan fingerprint density at radius 2 is 2.00 bits per heavy atom. The maximum atomic E-state index is 4.70. The smallest absolute Gasteiger partial charge is 0.0914 e. The van der Waals surface area contributed by atoms with Crippen LogP contribution in [0.2, 0.25) is 0 Å². The number of thiophene rings is 1. The van der Waals surface area contributed by atoms with Crippen LogP contribution in [0, 0.1) is 11.8 Å². The lowest BCUT2D eigenvalue weighted by molar-refractivity contribution is 0.300. The Balaban J connectivity index is 1.35.